The zero-order chi connectivity index (χ0) is 14.4. The fourth-order valence-corrected chi connectivity index (χ4v) is 3.04. The molecule has 1 heterocycles. The van der Waals surface area contributed by atoms with E-state index in [1.807, 2.05) is 0 Å². The summed E-state index contributed by atoms with van der Waals surface area (Å²) < 4.78 is 32.0. The maximum absolute atomic E-state index is 12.1. The summed E-state index contributed by atoms with van der Waals surface area (Å²) in [5, 5.41) is 0. The number of ether oxygens (including phenoxy) is 1. The number of hydrogen-bond acceptors (Lipinski definition) is 4. The normalized spacial score (nSPS) is 18.6. The Morgan fingerprint density at radius 3 is 2.70 bits per heavy atom. The van der Waals surface area contributed by atoms with Crippen LogP contribution >= 0.6 is 0 Å². The molecule has 108 valence electrons. The standard InChI is InChI=1S/C14H18N2O3S/c15-8-1-2-12-3-5-14(6-4-12)20(17,18)16-10-13-7-9-19-11-13/h3-6,13,16H,7-11,15H2. The number of nitrogens with two attached hydrogens (primary N) is 1. The molecular formula is C14H18N2O3S. The lowest BCUT2D eigenvalue weighted by Crippen LogP contribution is -2.29. The number of benzene rings is 1. The molecule has 1 aromatic rings. The van der Waals surface area contributed by atoms with Crippen molar-refractivity contribution in [1.82, 2.24) is 4.72 Å². The van der Waals surface area contributed by atoms with Gasteiger partial charge in [0.2, 0.25) is 10.0 Å². The molecule has 1 aromatic carbocycles. The Balaban J connectivity index is 2.01. The van der Waals surface area contributed by atoms with Gasteiger partial charge in [-0.1, -0.05) is 11.8 Å². The molecular weight excluding hydrogens is 276 g/mol. The first-order valence-corrected chi connectivity index (χ1v) is 7.96. The van der Waals surface area contributed by atoms with Gasteiger partial charge in [-0.05, 0) is 36.6 Å². The molecule has 1 aliphatic rings. The zero-order valence-electron chi connectivity index (χ0n) is 11.1. The van der Waals surface area contributed by atoms with E-state index in [2.05, 4.69) is 16.6 Å². The van der Waals surface area contributed by atoms with Crippen LogP contribution in [0.3, 0.4) is 0 Å². The van der Waals surface area contributed by atoms with E-state index in [1.165, 1.54) is 0 Å². The van der Waals surface area contributed by atoms with E-state index < -0.39 is 10.0 Å². The van der Waals surface area contributed by atoms with Gasteiger partial charge in [0.1, 0.15) is 0 Å². The van der Waals surface area contributed by atoms with Gasteiger partial charge in [-0.3, -0.25) is 0 Å². The van der Waals surface area contributed by atoms with Crippen molar-refractivity contribution in [3.8, 4) is 11.8 Å². The van der Waals surface area contributed by atoms with Crippen LogP contribution < -0.4 is 10.5 Å². The minimum atomic E-state index is -3.46. The van der Waals surface area contributed by atoms with Crippen molar-refractivity contribution < 1.29 is 13.2 Å². The summed E-state index contributed by atoms with van der Waals surface area (Å²) in [7, 11) is -3.46. The summed E-state index contributed by atoms with van der Waals surface area (Å²) in [5.41, 5.74) is 6.03. The Morgan fingerprint density at radius 1 is 1.35 bits per heavy atom. The Morgan fingerprint density at radius 2 is 2.10 bits per heavy atom. The van der Waals surface area contributed by atoms with Crippen molar-refractivity contribution >= 4 is 10.0 Å². The second kappa shape index (κ2) is 6.86. The third-order valence-electron chi connectivity index (χ3n) is 3.09. The van der Waals surface area contributed by atoms with Crippen molar-refractivity contribution in [2.45, 2.75) is 11.3 Å². The number of rotatable bonds is 4. The van der Waals surface area contributed by atoms with Gasteiger partial charge in [-0.25, -0.2) is 13.1 Å². The highest BCUT2D eigenvalue weighted by atomic mass is 32.2. The lowest BCUT2D eigenvalue weighted by molar-refractivity contribution is 0.186. The van der Waals surface area contributed by atoms with Gasteiger partial charge < -0.3 is 10.5 Å². The minimum Gasteiger partial charge on any atom is -0.381 e. The van der Waals surface area contributed by atoms with Crippen LogP contribution in [0.5, 0.6) is 0 Å². The predicted molar refractivity (Wildman–Crippen MR) is 76.5 cm³/mol. The Kier molecular flexibility index (Phi) is 5.15. The molecule has 1 fully saturated rings. The maximum Gasteiger partial charge on any atom is 0.240 e. The van der Waals surface area contributed by atoms with Gasteiger partial charge in [0.05, 0.1) is 18.0 Å². The first kappa shape index (κ1) is 15.0. The van der Waals surface area contributed by atoms with Crippen LogP contribution in [-0.4, -0.2) is 34.7 Å². The van der Waals surface area contributed by atoms with E-state index in [4.69, 9.17) is 10.5 Å². The first-order chi connectivity index (χ1) is 9.62. The summed E-state index contributed by atoms with van der Waals surface area (Å²) in [6.07, 6.45) is 0.899. The van der Waals surface area contributed by atoms with Crippen molar-refractivity contribution in [3.05, 3.63) is 29.8 Å². The fraction of sp³-hybridized carbons (Fsp3) is 0.429. The van der Waals surface area contributed by atoms with Crippen LogP contribution in [0.4, 0.5) is 0 Å². The van der Waals surface area contributed by atoms with Gasteiger partial charge in [0.25, 0.3) is 0 Å². The van der Waals surface area contributed by atoms with Gasteiger partial charge >= 0.3 is 0 Å². The zero-order valence-corrected chi connectivity index (χ0v) is 11.9. The highest BCUT2D eigenvalue weighted by Gasteiger charge is 2.20. The predicted octanol–water partition coefficient (Wildman–Crippen LogP) is 0.312. The second-order valence-electron chi connectivity index (χ2n) is 4.61. The van der Waals surface area contributed by atoms with Crippen LogP contribution in [0.1, 0.15) is 12.0 Å². The summed E-state index contributed by atoms with van der Waals surface area (Å²) in [4.78, 5) is 0.245. The van der Waals surface area contributed by atoms with Crippen LogP contribution in [0, 0.1) is 17.8 Å². The molecule has 1 atom stereocenters. The molecule has 0 bridgehead atoms. The highest BCUT2D eigenvalue weighted by molar-refractivity contribution is 7.89. The molecule has 0 spiro atoms. The van der Waals surface area contributed by atoms with E-state index in [9.17, 15) is 8.42 Å². The van der Waals surface area contributed by atoms with E-state index in [1.54, 1.807) is 24.3 Å². The number of sulfonamides is 1. The van der Waals surface area contributed by atoms with E-state index in [0.717, 1.165) is 12.0 Å². The van der Waals surface area contributed by atoms with Crippen LogP contribution in [0.2, 0.25) is 0 Å². The topological polar surface area (TPSA) is 81.4 Å². The van der Waals surface area contributed by atoms with E-state index >= 15 is 0 Å². The lowest BCUT2D eigenvalue weighted by atomic mass is 10.1. The molecule has 20 heavy (non-hydrogen) atoms. The summed E-state index contributed by atoms with van der Waals surface area (Å²) >= 11 is 0. The van der Waals surface area contributed by atoms with Gasteiger partial charge in [0, 0.05) is 18.7 Å². The van der Waals surface area contributed by atoms with Crippen molar-refractivity contribution in [2.75, 3.05) is 26.3 Å². The highest BCUT2D eigenvalue weighted by Crippen LogP contribution is 2.14. The van der Waals surface area contributed by atoms with E-state index in [-0.39, 0.29) is 17.4 Å². The van der Waals surface area contributed by atoms with Crippen molar-refractivity contribution in [3.63, 3.8) is 0 Å². The molecule has 6 heteroatoms. The molecule has 0 radical (unpaired) electrons. The molecule has 5 nitrogen and oxygen atoms in total. The van der Waals surface area contributed by atoms with Crippen LogP contribution in [0.25, 0.3) is 0 Å². The molecule has 0 amide bonds. The molecule has 2 rings (SSSR count). The quantitative estimate of drug-likeness (QED) is 0.783. The van der Waals surface area contributed by atoms with Crippen LogP contribution in [-0.2, 0) is 14.8 Å². The average molecular weight is 294 g/mol. The first-order valence-electron chi connectivity index (χ1n) is 6.48. The van der Waals surface area contributed by atoms with Gasteiger partial charge in [0.15, 0.2) is 0 Å². The van der Waals surface area contributed by atoms with Crippen molar-refractivity contribution in [1.29, 1.82) is 0 Å². The maximum atomic E-state index is 12.1. The molecule has 0 aliphatic carbocycles. The number of nitrogens with one attached hydrogen (secondary N) is 1. The monoisotopic (exact) mass is 294 g/mol. The minimum absolute atomic E-state index is 0.245. The SMILES string of the molecule is NCC#Cc1ccc(S(=O)(=O)NCC2CCOC2)cc1. The molecule has 3 N–H and O–H groups in total. The second-order valence-corrected chi connectivity index (χ2v) is 6.38. The van der Waals surface area contributed by atoms with E-state index in [0.29, 0.717) is 19.8 Å². The van der Waals surface area contributed by atoms with Gasteiger partial charge in [-0.15, -0.1) is 0 Å². The summed E-state index contributed by atoms with van der Waals surface area (Å²) in [6, 6.07) is 6.45. The molecule has 1 unspecified atom stereocenters. The van der Waals surface area contributed by atoms with Crippen molar-refractivity contribution in [2.24, 2.45) is 11.7 Å². The lowest BCUT2D eigenvalue weighted by Gasteiger charge is -2.10. The molecule has 1 saturated heterocycles. The largest absolute Gasteiger partial charge is 0.381 e. The number of hydrogen-bond donors (Lipinski definition) is 2. The Hall–Kier alpha value is -1.39. The summed E-state index contributed by atoms with van der Waals surface area (Å²) in [5.74, 6) is 5.84. The molecule has 1 aliphatic heterocycles. The average Bonchev–Trinajstić information content (AvgIpc) is 2.97. The molecule has 0 aromatic heterocycles. The third-order valence-corrected chi connectivity index (χ3v) is 4.52. The summed E-state index contributed by atoms with van der Waals surface area (Å²) in [6.45, 7) is 2.03. The Labute approximate surface area is 119 Å². The Bertz CT molecular complexity index is 594. The van der Waals surface area contributed by atoms with Gasteiger partial charge in [-0.2, -0.15) is 0 Å². The smallest absolute Gasteiger partial charge is 0.240 e. The van der Waals surface area contributed by atoms with Crippen LogP contribution in [0.15, 0.2) is 29.2 Å². The fourth-order valence-electron chi connectivity index (χ4n) is 1.93. The third kappa shape index (κ3) is 4.05. The molecule has 0 saturated carbocycles.